The standard InChI is InChI=1S/C19H24N2O3S/c1-4-24-18-13-16(9-10-20-18)19(22)21-14(2)15-5-7-17(8-6-15)25-12-11-23-3/h5-10,13-14H,4,11-12H2,1-3H3,(H,21,22). The van der Waals surface area contributed by atoms with Crippen molar-refractivity contribution in [3.05, 3.63) is 53.7 Å². The van der Waals surface area contributed by atoms with Crippen LogP contribution in [0.2, 0.25) is 0 Å². The second-order valence-electron chi connectivity index (χ2n) is 5.42. The zero-order valence-corrected chi connectivity index (χ0v) is 15.6. The molecule has 1 aromatic carbocycles. The predicted molar refractivity (Wildman–Crippen MR) is 100 cm³/mol. The Morgan fingerprint density at radius 1 is 1.28 bits per heavy atom. The Hall–Kier alpha value is -2.05. The van der Waals surface area contributed by atoms with Crippen molar-refractivity contribution in [2.45, 2.75) is 24.8 Å². The van der Waals surface area contributed by atoms with Crippen LogP contribution < -0.4 is 10.1 Å². The van der Waals surface area contributed by atoms with E-state index in [4.69, 9.17) is 9.47 Å². The van der Waals surface area contributed by atoms with Crippen molar-refractivity contribution in [1.82, 2.24) is 10.3 Å². The van der Waals surface area contributed by atoms with Gasteiger partial charge in [0, 0.05) is 35.6 Å². The lowest BCUT2D eigenvalue weighted by Crippen LogP contribution is -2.26. The summed E-state index contributed by atoms with van der Waals surface area (Å²) in [7, 11) is 1.70. The van der Waals surface area contributed by atoms with Crippen LogP contribution in [-0.4, -0.2) is 37.0 Å². The molecule has 0 fully saturated rings. The van der Waals surface area contributed by atoms with Crippen molar-refractivity contribution >= 4 is 17.7 Å². The van der Waals surface area contributed by atoms with Crippen molar-refractivity contribution in [3.63, 3.8) is 0 Å². The van der Waals surface area contributed by atoms with Gasteiger partial charge in [0.25, 0.3) is 5.91 Å². The van der Waals surface area contributed by atoms with Gasteiger partial charge in [-0.1, -0.05) is 12.1 Å². The van der Waals surface area contributed by atoms with E-state index in [1.54, 1.807) is 37.2 Å². The SMILES string of the molecule is CCOc1cc(C(=O)NC(C)c2ccc(SCCOC)cc2)ccn1. The van der Waals surface area contributed by atoms with Crippen LogP contribution in [0.4, 0.5) is 0 Å². The molecule has 5 nitrogen and oxygen atoms in total. The maximum Gasteiger partial charge on any atom is 0.252 e. The third-order valence-corrected chi connectivity index (χ3v) is 4.55. The molecule has 134 valence electrons. The number of ether oxygens (including phenoxy) is 2. The maximum absolute atomic E-state index is 12.4. The first-order valence-corrected chi connectivity index (χ1v) is 9.24. The van der Waals surface area contributed by atoms with Crippen LogP contribution in [0.25, 0.3) is 0 Å². The number of pyridine rings is 1. The number of thioether (sulfide) groups is 1. The number of nitrogens with one attached hydrogen (secondary N) is 1. The summed E-state index contributed by atoms with van der Waals surface area (Å²) in [5, 5.41) is 3.00. The van der Waals surface area contributed by atoms with E-state index in [9.17, 15) is 4.79 Å². The second-order valence-corrected chi connectivity index (χ2v) is 6.59. The monoisotopic (exact) mass is 360 g/mol. The molecule has 1 amide bonds. The lowest BCUT2D eigenvalue weighted by molar-refractivity contribution is 0.0939. The van der Waals surface area contributed by atoms with Crippen molar-refractivity contribution in [1.29, 1.82) is 0 Å². The van der Waals surface area contributed by atoms with Gasteiger partial charge in [-0.05, 0) is 37.6 Å². The number of nitrogens with zero attached hydrogens (tertiary/aromatic N) is 1. The fourth-order valence-corrected chi connectivity index (χ4v) is 3.05. The van der Waals surface area contributed by atoms with Gasteiger partial charge in [-0.15, -0.1) is 11.8 Å². The van der Waals surface area contributed by atoms with Crippen LogP contribution in [0.5, 0.6) is 5.88 Å². The van der Waals surface area contributed by atoms with E-state index in [-0.39, 0.29) is 11.9 Å². The smallest absolute Gasteiger partial charge is 0.252 e. The highest BCUT2D eigenvalue weighted by atomic mass is 32.2. The molecule has 0 aliphatic rings. The summed E-state index contributed by atoms with van der Waals surface area (Å²) in [4.78, 5) is 17.7. The number of carbonyl (C=O) groups excluding carboxylic acids is 1. The number of hydrogen-bond acceptors (Lipinski definition) is 5. The Morgan fingerprint density at radius 3 is 2.72 bits per heavy atom. The molecule has 6 heteroatoms. The summed E-state index contributed by atoms with van der Waals surface area (Å²) in [6, 6.07) is 11.5. The van der Waals surface area contributed by atoms with E-state index in [1.165, 1.54) is 4.90 Å². The van der Waals surface area contributed by atoms with Crippen LogP contribution in [0.3, 0.4) is 0 Å². The minimum atomic E-state index is -0.144. The number of benzene rings is 1. The first kappa shape index (κ1) is 19.3. The van der Waals surface area contributed by atoms with Crippen LogP contribution >= 0.6 is 11.8 Å². The molecule has 25 heavy (non-hydrogen) atoms. The first-order valence-electron chi connectivity index (χ1n) is 8.25. The first-order chi connectivity index (χ1) is 12.1. The van der Waals surface area contributed by atoms with Crippen molar-refractivity contribution in [3.8, 4) is 5.88 Å². The van der Waals surface area contributed by atoms with E-state index in [1.807, 2.05) is 26.0 Å². The zero-order valence-electron chi connectivity index (χ0n) is 14.8. The number of rotatable bonds is 9. The highest BCUT2D eigenvalue weighted by Gasteiger charge is 2.12. The molecular weight excluding hydrogens is 336 g/mol. The number of carbonyl (C=O) groups is 1. The predicted octanol–water partition coefficient (Wildman–Crippen LogP) is 3.71. The highest BCUT2D eigenvalue weighted by Crippen LogP contribution is 2.21. The normalized spacial score (nSPS) is 11.8. The van der Waals surface area contributed by atoms with Crippen LogP contribution in [-0.2, 0) is 4.74 Å². The third-order valence-electron chi connectivity index (χ3n) is 3.57. The average Bonchev–Trinajstić information content (AvgIpc) is 2.63. The van der Waals surface area contributed by atoms with Gasteiger partial charge in [0.05, 0.1) is 19.3 Å². The Balaban J connectivity index is 1.95. The fraction of sp³-hybridized carbons (Fsp3) is 0.368. The molecule has 1 N–H and O–H groups in total. The molecule has 0 aliphatic heterocycles. The molecular formula is C19H24N2O3S. The molecule has 0 spiro atoms. The summed E-state index contributed by atoms with van der Waals surface area (Å²) < 4.78 is 10.4. The molecule has 0 bridgehead atoms. The molecule has 0 saturated carbocycles. The molecule has 0 aliphatic carbocycles. The Morgan fingerprint density at radius 2 is 2.04 bits per heavy atom. The molecule has 0 radical (unpaired) electrons. The van der Waals surface area contributed by atoms with Gasteiger partial charge in [-0.2, -0.15) is 0 Å². The van der Waals surface area contributed by atoms with Gasteiger partial charge < -0.3 is 14.8 Å². The van der Waals surface area contributed by atoms with E-state index in [0.29, 0.717) is 18.1 Å². The number of amides is 1. The number of methoxy groups -OCH3 is 1. The summed E-state index contributed by atoms with van der Waals surface area (Å²) in [6.45, 7) is 5.10. The van der Waals surface area contributed by atoms with Crippen LogP contribution in [0.1, 0.15) is 35.8 Å². The molecule has 2 rings (SSSR count). The number of hydrogen-bond donors (Lipinski definition) is 1. The minimum Gasteiger partial charge on any atom is -0.478 e. The van der Waals surface area contributed by atoms with Crippen LogP contribution in [0, 0.1) is 0 Å². The Kier molecular flexibility index (Phi) is 7.76. The summed E-state index contributed by atoms with van der Waals surface area (Å²) in [5.41, 5.74) is 1.60. The summed E-state index contributed by atoms with van der Waals surface area (Å²) in [6.07, 6.45) is 1.58. The summed E-state index contributed by atoms with van der Waals surface area (Å²) in [5.74, 6) is 1.24. The van der Waals surface area contributed by atoms with Crippen LogP contribution in [0.15, 0.2) is 47.5 Å². The Labute approximate surface area is 153 Å². The maximum atomic E-state index is 12.4. The van der Waals surface area contributed by atoms with Gasteiger partial charge in [0.1, 0.15) is 0 Å². The lowest BCUT2D eigenvalue weighted by atomic mass is 10.1. The van der Waals surface area contributed by atoms with Crippen molar-refractivity contribution < 1.29 is 14.3 Å². The summed E-state index contributed by atoms with van der Waals surface area (Å²) >= 11 is 1.75. The molecule has 0 saturated heterocycles. The molecule has 1 aromatic heterocycles. The third kappa shape index (κ3) is 6.07. The molecule has 1 unspecified atom stereocenters. The van der Waals surface area contributed by atoms with Gasteiger partial charge in [0.15, 0.2) is 0 Å². The Bertz CT molecular complexity index is 677. The zero-order chi connectivity index (χ0) is 18.1. The highest BCUT2D eigenvalue weighted by molar-refractivity contribution is 7.99. The molecule has 1 heterocycles. The lowest BCUT2D eigenvalue weighted by Gasteiger charge is -2.15. The largest absolute Gasteiger partial charge is 0.478 e. The second kappa shape index (κ2) is 10.1. The van der Waals surface area contributed by atoms with Gasteiger partial charge >= 0.3 is 0 Å². The fourth-order valence-electron chi connectivity index (χ4n) is 2.24. The van der Waals surface area contributed by atoms with E-state index in [0.717, 1.165) is 17.9 Å². The topological polar surface area (TPSA) is 60.5 Å². The van der Waals surface area contributed by atoms with Crippen molar-refractivity contribution in [2.24, 2.45) is 0 Å². The molecule has 1 atom stereocenters. The van der Waals surface area contributed by atoms with E-state index < -0.39 is 0 Å². The van der Waals surface area contributed by atoms with Crippen molar-refractivity contribution in [2.75, 3.05) is 26.1 Å². The quantitative estimate of drug-likeness (QED) is 0.546. The van der Waals surface area contributed by atoms with Gasteiger partial charge in [-0.3, -0.25) is 4.79 Å². The van der Waals surface area contributed by atoms with E-state index >= 15 is 0 Å². The average molecular weight is 360 g/mol. The number of aromatic nitrogens is 1. The molecule has 2 aromatic rings. The minimum absolute atomic E-state index is 0.0887. The van der Waals surface area contributed by atoms with E-state index in [2.05, 4.69) is 22.4 Å². The van der Waals surface area contributed by atoms with Gasteiger partial charge in [0.2, 0.25) is 5.88 Å². The van der Waals surface area contributed by atoms with Gasteiger partial charge in [-0.25, -0.2) is 4.98 Å².